The van der Waals surface area contributed by atoms with Crippen molar-refractivity contribution in [1.82, 2.24) is 20.7 Å². The molecule has 27 heavy (non-hydrogen) atoms. The Bertz CT molecular complexity index is 827. The molecule has 3 unspecified atom stereocenters. The minimum atomic E-state index is -0.298. The molecule has 2 N–H and O–H groups in total. The third-order valence-corrected chi connectivity index (χ3v) is 5.77. The number of amides is 1. The van der Waals surface area contributed by atoms with Gasteiger partial charge in [0.15, 0.2) is 0 Å². The van der Waals surface area contributed by atoms with Gasteiger partial charge in [-0.2, -0.15) is 0 Å². The number of rotatable bonds is 4. The average Bonchev–Trinajstić information content (AvgIpc) is 3.31. The molecule has 0 saturated carbocycles. The smallest absolute Gasteiger partial charge is 0.227 e. The van der Waals surface area contributed by atoms with Gasteiger partial charge < -0.3 is 4.90 Å². The second kappa shape index (κ2) is 7.74. The number of aromatic nitrogens is 1. The number of carbonyl (C=O) groups excluding carboxylic acids is 1. The lowest BCUT2D eigenvalue weighted by atomic mass is 9.86. The van der Waals surface area contributed by atoms with Crippen LogP contribution in [0.5, 0.6) is 0 Å². The second-order valence-corrected chi connectivity index (χ2v) is 7.49. The van der Waals surface area contributed by atoms with Crippen molar-refractivity contribution in [2.75, 3.05) is 13.1 Å². The Balaban J connectivity index is 1.52. The number of halogens is 1. The van der Waals surface area contributed by atoms with Crippen LogP contribution in [0, 0.1) is 12.7 Å². The Morgan fingerprint density at radius 3 is 3.07 bits per heavy atom. The van der Waals surface area contributed by atoms with E-state index in [1.165, 1.54) is 23.3 Å². The molecule has 1 aromatic heterocycles. The summed E-state index contributed by atoms with van der Waals surface area (Å²) in [5.74, 6) is 0.0655. The van der Waals surface area contributed by atoms with E-state index < -0.39 is 0 Å². The number of aryl methyl sites for hydroxylation is 1. The second-order valence-electron chi connectivity index (χ2n) is 7.49. The van der Waals surface area contributed by atoms with Gasteiger partial charge in [-0.25, -0.2) is 4.39 Å². The number of pyridine rings is 1. The third-order valence-electron chi connectivity index (χ3n) is 5.77. The van der Waals surface area contributed by atoms with E-state index in [2.05, 4.69) is 28.8 Å². The summed E-state index contributed by atoms with van der Waals surface area (Å²) in [6.07, 6.45) is 5.95. The van der Waals surface area contributed by atoms with Crippen molar-refractivity contribution < 1.29 is 9.18 Å². The van der Waals surface area contributed by atoms with Crippen molar-refractivity contribution >= 4 is 5.91 Å². The fourth-order valence-electron chi connectivity index (χ4n) is 4.48. The van der Waals surface area contributed by atoms with Crippen LogP contribution in [0.1, 0.15) is 35.4 Å². The Morgan fingerprint density at radius 2 is 2.26 bits per heavy atom. The summed E-state index contributed by atoms with van der Waals surface area (Å²) in [5, 5.41) is 0. The molecule has 0 radical (unpaired) electrons. The minimum Gasteiger partial charge on any atom is -0.338 e. The predicted molar refractivity (Wildman–Crippen MR) is 101 cm³/mol. The van der Waals surface area contributed by atoms with Crippen LogP contribution in [0.15, 0.2) is 42.7 Å². The fourth-order valence-corrected chi connectivity index (χ4v) is 4.48. The monoisotopic (exact) mass is 368 g/mol. The molecule has 6 heteroatoms. The van der Waals surface area contributed by atoms with E-state index in [4.69, 9.17) is 0 Å². The van der Waals surface area contributed by atoms with Crippen molar-refractivity contribution in [3.63, 3.8) is 0 Å². The number of hydrazine groups is 1. The van der Waals surface area contributed by atoms with Gasteiger partial charge in [0, 0.05) is 43.5 Å². The van der Waals surface area contributed by atoms with Crippen LogP contribution in [-0.4, -0.2) is 41.0 Å². The SMILES string of the molecule is Cc1cnccc1C1CNNC1C1CCCN1C(=O)Cc1cccc(F)c1. The van der Waals surface area contributed by atoms with E-state index in [-0.39, 0.29) is 30.2 Å². The van der Waals surface area contributed by atoms with Crippen LogP contribution < -0.4 is 10.9 Å². The number of nitrogens with zero attached hydrogens (tertiary/aromatic N) is 2. The molecule has 0 bridgehead atoms. The van der Waals surface area contributed by atoms with E-state index in [0.717, 1.165) is 31.5 Å². The van der Waals surface area contributed by atoms with Crippen LogP contribution in [0.4, 0.5) is 4.39 Å². The standard InChI is InChI=1S/C21H25FN4O/c1-14-12-23-8-7-17(14)18-13-24-25-21(18)19-6-3-9-26(19)20(27)11-15-4-2-5-16(22)10-15/h2,4-5,7-8,10,12,18-19,21,24-25H,3,6,9,11,13H2,1H3. The number of hydrogen-bond acceptors (Lipinski definition) is 4. The molecule has 3 atom stereocenters. The molecular formula is C21H25FN4O. The van der Waals surface area contributed by atoms with Gasteiger partial charge in [0.05, 0.1) is 6.42 Å². The molecule has 2 aliphatic rings. The van der Waals surface area contributed by atoms with Gasteiger partial charge >= 0.3 is 0 Å². The first-order valence-corrected chi connectivity index (χ1v) is 9.56. The molecule has 5 nitrogen and oxygen atoms in total. The highest BCUT2D eigenvalue weighted by Gasteiger charge is 2.41. The zero-order chi connectivity index (χ0) is 18.8. The van der Waals surface area contributed by atoms with Gasteiger partial charge in [-0.15, -0.1) is 0 Å². The van der Waals surface area contributed by atoms with E-state index in [9.17, 15) is 9.18 Å². The summed E-state index contributed by atoms with van der Waals surface area (Å²) in [4.78, 5) is 19.1. The number of hydrogen-bond donors (Lipinski definition) is 2. The molecule has 0 aliphatic carbocycles. The van der Waals surface area contributed by atoms with E-state index in [1.807, 2.05) is 23.4 Å². The number of likely N-dealkylation sites (tertiary alicyclic amines) is 1. The Morgan fingerprint density at radius 1 is 1.37 bits per heavy atom. The fraction of sp³-hybridized carbons (Fsp3) is 0.429. The highest BCUT2D eigenvalue weighted by molar-refractivity contribution is 5.79. The van der Waals surface area contributed by atoms with Gasteiger partial charge in [0.2, 0.25) is 5.91 Å². The molecule has 142 valence electrons. The van der Waals surface area contributed by atoms with Gasteiger partial charge in [0.25, 0.3) is 0 Å². The summed E-state index contributed by atoms with van der Waals surface area (Å²) in [7, 11) is 0. The van der Waals surface area contributed by atoms with Gasteiger partial charge in [-0.3, -0.25) is 20.6 Å². The maximum atomic E-state index is 13.4. The van der Waals surface area contributed by atoms with Crippen LogP contribution in [0.3, 0.4) is 0 Å². The first kappa shape index (κ1) is 18.1. The van der Waals surface area contributed by atoms with Gasteiger partial charge in [-0.1, -0.05) is 12.1 Å². The molecule has 2 saturated heterocycles. The number of benzene rings is 1. The lowest BCUT2D eigenvalue weighted by Crippen LogP contribution is -2.50. The zero-order valence-corrected chi connectivity index (χ0v) is 15.5. The molecule has 1 amide bonds. The van der Waals surface area contributed by atoms with Crippen molar-refractivity contribution in [2.24, 2.45) is 0 Å². The number of nitrogens with one attached hydrogen (secondary N) is 2. The highest BCUT2D eigenvalue weighted by atomic mass is 19.1. The molecule has 1 aromatic carbocycles. The molecule has 3 heterocycles. The topological polar surface area (TPSA) is 57.3 Å². The van der Waals surface area contributed by atoms with E-state index in [0.29, 0.717) is 5.92 Å². The summed E-state index contributed by atoms with van der Waals surface area (Å²) in [6.45, 7) is 3.68. The number of carbonyl (C=O) groups is 1. The van der Waals surface area contributed by atoms with Crippen LogP contribution in [0.2, 0.25) is 0 Å². The van der Waals surface area contributed by atoms with E-state index in [1.54, 1.807) is 6.07 Å². The van der Waals surface area contributed by atoms with Crippen LogP contribution in [0.25, 0.3) is 0 Å². The maximum Gasteiger partial charge on any atom is 0.227 e. The lowest BCUT2D eigenvalue weighted by Gasteiger charge is -2.33. The highest BCUT2D eigenvalue weighted by Crippen LogP contribution is 2.32. The average molecular weight is 368 g/mol. The first-order chi connectivity index (χ1) is 13.1. The summed E-state index contributed by atoms with van der Waals surface area (Å²) < 4.78 is 13.4. The van der Waals surface area contributed by atoms with Gasteiger partial charge in [-0.05, 0) is 54.7 Å². The van der Waals surface area contributed by atoms with Crippen LogP contribution >= 0.6 is 0 Å². The Kier molecular flexibility index (Phi) is 5.18. The van der Waals surface area contributed by atoms with Crippen molar-refractivity contribution in [3.05, 3.63) is 65.2 Å². The Hall–Kier alpha value is -2.31. The molecule has 0 spiro atoms. The van der Waals surface area contributed by atoms with Crippen molar-refractivity contribution in [3.8, 4) is 0 Å². The van der Waals surface area contributed by atoms with E-state index >= 15 is 0 Å². The maximum absolute atomic E-state index is 13.4. The third kappa shape index (κ3) is 3.73. The molecular weight excluding hydrogens is 343 g/mol. The van der Waals surface area contributed by atoms with Gasteiger partial charge in [0.1, 0.15) is 5.82 Å². The zero-order valence-electron chi connectivity index (χ0n) is 15.5. The van der Waals surface area contributed by atoms with Crippen LogP contribution in [-0.2, 0) is 11.2 Å². The lowest BCUT2D eigenvalue weighted by molar-refractivity contribution is -0.131. The summed E-state index contributed by atoms with van der Waals surface area (Å²) in [6, 6.07) is 8.69. The normalized spacial score (nSPS) is 25.1. The summed E-state index contributed by atoms with van der Waals surface area (Å²) >= 11 is 0. The quantitative estimate of drug-likeness (QED) is 0.870. The molecule has 2 aliphatic heterocycles. The molecule has 4 rings (SSSR count). The predicted octanol–water partition coefficient (Wildman–Crippen LogP) is 2.32. The molecule has 2 aromatic rings. The van der Waals surface area contributed by atoms with Crippen molar-refractivity contribution in [1.29, 1.82) is 0 Å². The first-order valence-electron chi connectivity index (χ1n) is 9.56. The molecule has 2 fully saturated rings. The minimum absolute atomic E-state index is 0.0713. The Labute approximate surface area is 159 Å². The largest absolute Gasteiger partial charge is 0.338 e. The summed E-state index contributed by atoms with van der Waals surface area (Å²) in [5.41, 5.74) is 9.87. The van der Waals surface area contributed by atoms with Crippen molar-refractivity contribution in [2.45, 2.75) is 44.2 Å².